The van der Waals surface area contributed by atoms with Crippen molar-refractivity contribution in [2.75, 3.05) is 0 Å². The van der Waals surface area contributed by atoms with Crippen LogP contribution in [0.3, 0.4) is 0 Å². The van der Waals surface area contributed by atoms with E-state index in [1.54, 1.807) is 30.3 Å². The molecule has 0 saturated heterocycles. The van der Waals surface area contributed by atoms with Gasteiger partial charge in [-0.1, -0.05) is 30.3 Å². The number of aryl methyl sites for hydroxylation is 1. The minimum absolute atomic E-state index is 0.00192. The van der Waals surface area contributed by atoms with Crippen molar-refractivity contribution in [1.82, 2.24) is 9.29 Å². The zero-order chi connectivity index (χ0) is 18.9. The van der Waals surface area contributed by atoms with Crippen molar-refractivity contribution in [1.29, 1.82) is 0 Å². The second-order valence-electron chi connectivity index (χ2n) is 5.76. The van der Waals surface area contributed by atoms with Crippen LogP contribution in [-0.4, -0.2) is 30.1 Å². The number of fused-ring (bicyclic) bond motifs is 1. The highest BCUT2D eigenvalue weighted by atomic mass is 32.2. The molecule has 2 aromatic carbocycles. The van der Waals surface area contributed by atoms with Gasteiger partial charge in [-0.25, -0.2) is 13.2 Å². The molecule has 0 spiro atoms. The largest absolute Gasteiger partial charge is 0.480 e. The van der Waals surface area contributed by atoms with Gasteiger partial charge in [0.05, 0.1) is 10.4 Å². The lowest BCUT2D eigenvalue weighted by Crippen LogP contribution is -2.42. The number of hydrogen-bond donors (Lipinski definition) is 2. The molecule has 26 heavy (non-hydrogen) atoms. The molecule has 1 atom stereocenters. The molecular weight excluding hydrogens is 360 g/mol. The number of nitrogens with one attached hydrogen (secondary N) is 1. The van der Waals surface area contributed by atoms with Gasteiger partial charge in [0, 0.05) is 13.1 Å². The molecule has 1 aromatic heterocycles. The lowest BCUT2D eigenvalue weighted by Gasteiger charge is -2.15. The number of benzene rings is 2. The highest BCUT2D eigenvalue weighted by Gasteiger charge is 2.26. The molecular formula is C17H16N2O6S. The van der Waals surface area contributed by atoms with Crippen molar-refractivity contribution in [3.05, 3.63) is 64.6 Å². The summed E-state index contributed by atoms with van der Waals surface area (Å²) in [5, 5.41) is 9.37. The Morgan fingerprint density at radius 1 is 1.23 bits per heavy atom. The first kappa shape index (κ1) is 17.9. The third kappa shape index (κ3) is 3.53. The van der Waals surface area contributed by atoms with Crippen molar-refractivity contribution < 1.29 is 22.7 Å². The number of oxazole rings is 1. The van der Waals surface area contributed by atoms with Crippen molar-refractivity contribution in [3.8, 4) is 0 Å². The van der Waals surface area contributed by atoms with Crippen LogP contribution in [-0.2, 0) is 28.3 Å². The van der Waals surface area contributed by atoms with Crippen LogP contribution in [0.15, 0.2) is 62.6 Å². The van der Waals surface area contributed by atoms with Gasteiger partial charge in [-0.3, -0.25) is 9.36 Å². The van der Waals surface area contributed by atoms with Gasteiger partial charge in [0.2, 0.25) is 10.0 Å². The molecule has 0 radical (unpaired) electrons. The third-order valence-electron chi connectivity index (χ3n) is 3.95. The first-order valence-corrected chi connectivity index (χ1v) is 9.15. The molecule has 0 saturated carbocycles. The van der Waals surface area contributed by atoms with Crippen LogP contribution in [0.1, 0.15) is 5.56 Å². The van der Waals surface area contributed by atoms with E-state index in [1.807, 2.05) is 0 Å². The van der Waals surface area contributed by atoms with Crippen LogP contribution in [0.2, 0.25) is 0 Å². The van der Waals surface area contributed by atoms with E-state index in [1.165, 1.54) is 29.8 Å². The molecule has 0 unspecified atom stereocenters. The molecule has 0 fully saturated rings. The van der Waals surface area contributed by atoms with E-state index in [0.29, 0.717) is 11.1 Å². The van der Waals surface area contributed by atoms with E-state index in [9.17, 15) is 23.1 Å². The molecule has 3 rings (SSSR count). The Morgan fingerprint density at radius 3 is 2.58 bits per heavy atom. The molecule has 0 bridgehead atoms. The topological polar surface area (TPSA) is 119 Å². The SMILES string of the molecule is Cn1c(=O)oc2cc(S(=O)(=O)N[C@@H](Cc3ccccc3)C(=O)O)ccc21. The normalized spacial score (nSPS) is 13.0. The highest BCUT2D eigenvalue weighted by molar-refractivity contribution is 7.89. The van der Waals surface area contributed by atoms with Crippen LogP contribution in [0, 0.1) is 0 Å². The van der Waals surface area contributed by atoms with Crippen LogP contribution >= 0.6 is 0 Å². The van der Waals surface area contributed by atoms with E-state index in [-0.39, 0.29) is 16.9 Å². The minimum Gasteiger partial charge on any atom is -0.480 e. The maximum absolute atomic E-state index is 12.6. The molecule has 0 aliphatic rings. The number of hydrogen-bond acceptors (Lipinski definition) is 5. The number of nitrogens with zero attached hydrogens (tertiary/aromatic N) is 1. The molecule has 136 valence electrons. The Hall–Kier alpha value is -2.91. The second-order valence-corrected chi connectivity index (χ2v) is 7.47. The monoisotopic (exact) mass is 376 g/mol. The Kier molecular flexibility index (Phi) is 4.66. The zero-order valence-electron chi connectivity index (χ0n) is 13.7. The van der Waals surface area contributed by atoms with E-state index in [4.69, 9.17) is 4.42 Å². The van der Waals surface area contributed by atoms with Gasteiger partial charge < -0.3 is 9.52 Å². The maximum Gasteiger partial charge on any atom is 0.419 e. The summed E-state index contributed by atoms with van der Waals surface area (Å²) >= 11 is 0. The Morgan fingerprint density at radius 2 is 1.92 bits per heavy atom. The van der Waals surface area contributed by atoms with Gasteiger partial charge in [0.25, 0.3) is 0 Å². The number of aliphatic carboxylic acids is 1. The van der Waals surface area contributed by atoms with Crippen molar-refractivity contribution in [2.24, 2.45) is 7.05 Å². The predicted octanol–water partition coefficient (Wildman–Crippen LogP) is 1.11. The maximum atomic E-state index is 12.6. The summed E-state index contributed by atoms with van der Waals surface area (Å²) in [7, 11) is -2.62. The van der Waals surface area contributed by atoms with Crippen molar-refractivity contribution >= 4 is 27.1 Å². The van der Waals surface area contributed by atoms with Crippen LogP contribution in [0.5, 0.6) is 0 Å². The summed E-state index contributed by atoms with van der Waals surface area (Å²) in [6.07, 6.45) is -0.00192. The number of aromatic nitrogens is 1. The van der Waals surface area contributed by atoms with Gasteiger partial charge in [-0.05, 0) is 24.1 Å². The van der Waals surface area contributed by atoms with E-state index < -0.39 is 27.8 Å². The molecule has 2 N–H and O–H groups in total. The molecule has 9 heteroatoms. The highest BCUT2D eigenvalue weighted by Crippen LogP contribution is 2.18. The van der Waals surface area contributed by atoms with Crippen molar-refractivity contribution in [3.63, 3.8) is 0 Å². The quantitative estimate of drug-likeness (QED) is 0.665. The van der Waals surface area contributed by atoms with E-state index in [2.05, 4.69) is 4.72 Å². The van der Waals surface area contributed by atoms with Crippen molar-refractivity contribution in [2.45, 2.75) is 17.4 Å². The van der Waals surface area contributed by atoms with Crippen LogP contribution in [0.25, 0.3) is 11.1 Å². The molecule has 0 aliphatic heterocycles. The van der Waals surface area contributed by atoms with Crippen LogP contribution < -0.4 is 10.5 Å². The summed E-state index contributed by atoms with van der Waals surface area (Å²) in [6, 6.07) is 11.3. The summed E-state index contributed by atoms with van der Waals surface area (Å²) in [4.78, 5) is 22.8. The average Bonchev–Trinajstić information content (AvgIpc) is 2.89. The lowest BCUT2D eigenvalue weighted by molar-refractivity contribution is -0.138. The standard InChI is InChI=1S/C17H16N2O6S/c1-19-14-8-7-12(10-15(14)25-17(19)22)26(23,24)18-13(16(20)21)9-11-5-3-2-4-6-11/h2-8,10,13,18H,9H2,1H3,(H,20,21)/t13-/m0/s1. The van der Waals surface area contributed by atoms with Gasteiger partial charge in [0.1, 0.15) is 6.04 Å². The predicted molar refractivity (Wildman–Crippen MR) is 93.3 cm³/mol. The van der Waals surface area contributed by atoms with Gasteiger partial charge in [-0.15, -0.1) is 0 Å². The fourth-order valence-corrected chi connectivity index (χ4v) is 3.77. The van der Waals surface area contributed by atoms with Crippen LogP contribution in [0.4, 0.5) is 0 Å². The number of carbonyl (C=O) groups is 1. The van der Waals surface area contributed by atoms with Gasteiger partial charge >= 0.3 is 11.7 Å². The molecule has 0 amide bonds. The minimum atomic E-state index is -4.12. The lowest BCUT2D eigenvalue weighted by atomic mass is 10.1. The third-order valence-corrected chi connectivity index (χ3v) is 5.42. The Bertz CT molecular complexity index is 1120. The number of carboxylic acid groups (broad SMARTS) is 1. The summed E-state index contributed by atoms with van der Waals surface area (Å²) in [5.74, 6) is -1.90. The first-order chi connectivity index (χ1) is 12.3. The Labute approximate surface area is 148 Å². The number of carboxylic acids is 1. The fourth-order valence-electron chi connectivity index (χ4n) is 2.57. The summed E-state index contributed by atoms with van der Waals surface area (Å²) < 4.78 is 33.6. The van der Waals surface area contributed by atoms with Gasteiger partial charge in [0.15, 0.2) is 5.58 Å². The van der Waals surface area contributed by atoms with E-state index >= 15 is 0 Å². The van der Waals surface area contributed by atoms with Gasteiger partial charge in [-0.2, -0.15) is 4.72 Å². The summed E-state index contributed by atoms with van der Waals surface area (Å²) in [5.41, 5.74) is 1.23. The molecule has 1 heterocycles. The van der Waals surface area contributed by atoms with E-state index in [0.717, 1.165) is 0 Å². The Balaban J connectivity index is 1.91. The average molecular weight is 376 g/mol. The molecule has 0 aliphatic carbocycles. The zero-order valence-corrected chi connectivity index (χ0v) is 14.6. The summed E-state index contributed by atoms with van der Waals surface area (Å²) in [6.45, 7) is 0. The first-order valence-electron chi connectivity index (χ1n) is 7.66. The fraction of sp³-hybridized carbons (Fsp3) is 0.176. The second kappa shape index (κ2) is 6.77. The molecule has 3 aromatic rings. The number of rotatable bonds is 6. The number of sulfonamides is 1. The molecule has 8 nitrogen and oxygen atoms in total. The smallest absolute Gasteiger partial charge is 0.419 e.